The molecule has 0 heterocycles. The van der Waals surface area contributed by atoms with Crippen LogP contribution in [0.5, 0.6) is 0 Å². The molecule has 2 heteroatoms. The van der Waals surface area contributed by atoms with Crippen LogP contribution in [-0.4, -0.2) is 23.1 Å². The summed E-state index contributed by atoms with van der Waals surface area (Å²) in [5.74, 6) is 0. The monoisotopic (exact) mass is 138 g/mol. The van der Waals surface area contributed by atoms with E-state index in [1.54, 1.807) is 6.08 Å². The molecule has 34 valence electrons. The first-order valence-electron chi connectivity index (χ1n) is 0.986. The standard InChI is InChI=1S/C3H6.GeH4.H2O/c1-3-2;;/h3H,1H2,2H3;1H4;1H2. The minimum atomic E-state index is 0. The molecule has 0 saturated carbocycles. The summed E-state index contributed by atoms with van der Waals surface area (Å²) in [6, 6.07) is 0. The third kappa shape index (κ3) is 362. The van der Waals surface area contributed by atoms with Crippen molar-refractivity contribution in [3.05, 3.63) is 12.7 Å². The van der Waals surface area contributed by atoms with E-state index in [1.807, 2.05) is 6.92 Å². The van der Waals surface area contributed by atoms with Crippen LogP contribution in [0.3, 0.4) is 0 Å². The Hall–Kier alpha value is 0.243. The number of hydrogen-bond donors (Lipinski definition) is 0. The maximum absolute atomic E-state index is 3.36. The van der Waals surface area contributed by atoms with Crippen molar-refractivity contribution in [3.63, 3.8) is 0 Å². The van der Waals surface area contributed by atoms with Gasteiger partial charge in [-0.05, 0) is 6.92 Å². The normalized spacial score (nSPS) is 2.60. The summed E-state index contributed by atoms with van der Waals surface area (Å²) in [6.07, 6.45) is 1.75. The second kappa shape index (κ2) is 28.9. The molecule has 0 aliphatic carbocycles. The van der Waals surface area contributed by atoms with Gasteiger partial charge < -0.3 is 5.48 Å². The zero-order valence-electron chi connectivity index (χ0n) is 2.78. The SMILES string of the molecule is C=CC.O.[GeH4]. The van der Waals surface area contributed by atoms with Gasteiger partial charge in [-0.2, -0.15) is 0 Å². The van der Waals surface area contributed by atoms with Gasteiger partial charge in [0.15, 0.2) is 0 Å². The van der Waals surface area contributed by atoms with E-state index in [0.29, 0.717) is 0 Å². The topological polar surface area (TPSA) is 31.5 Å². The van der Waals surface area contributed by atoms with Crippen molar-refractivity contribution in [1.82, 2.24) is 0 Å². The van der Waals surface area contributed by atoms with Crippen LogP contribution in [0.4, 0.5) is 0 Å². The van der Waals surface area contributed by atoms with Crippen molar-refractivity contribution in [2.45, 2.75) is 6.92 Å². The molecule has 0 aromatic rings. The van der Waals surface area contributed by atoms with Gasteiger partial charge in [0, 0.05) is 0 Å². The summed E-state index contributed by atoms with van der Waals surface area (Å²) in [5.41, 5.74) is 0. The van der Waals surface area contributed by atoms with E-state index in [2.05, 4.69) is 6.58 Å². The van der Waals surface area contributed by atoms with E-state index >= 15 is 0 Å². The molecule has 2 N–H and O–H groups in total. The van der Waals surface area contributed by atoms with E-state index in [1.165, 1.54) is 0 Å². The van der Waals surface area contributed by atoms with Gasteiger partial charge in [0.25, 0.3) is 0 Å². The Balaban J connectivity index is -0.0000000200. The van der Waals surface area contributed by atoms with Crippen LogP contribution in [0.1, 0.15) is 6.92 Å². The van der Waals surface area contributed by atoms with Gasteiger partial charge in [0.05, 0.1) is 0 Å². The molecule has 5 heavy (non-hydrogen) atoms. The van der Waals surface area contributed by atoms with Crippen molar-refractivity contribution in [2.24, 2.45) is 0 Å². The van der Waals surface area contributed by atoms with Crippen LogP contribution in [0.2, 0.25) is 0 Å². The van der Waals surface area contributed by atoms with Gasteiger partial charge in [0.1, 0.15) is 0 Å². The van der Waals surface area contributed by atoms with Gasteiger partial charge in [-0.25, -0.2) is 0 Å². The van der Waals surface area contributed by atoms with E-state index in [-0.39, 0.29) is 23.1 Å². The fourth-order valence-corrected chi connectivity index (χ4v) is 0. The molecule has 0 aliphatic heterocycles. The molecule has 0 bridgehead atoms. The van der Waals surface area contributed by atoms with Crippen LogP contribution < -0.4 is 0 Å². The first-order valence-corrected chi connectivity index (χ1v) is 0.986. The first-order chi connectivity index (χ1) is 1.41. The van der Waals surface area contributed by atoms with E-state index in [0.717, 1.165) is 0 Å². The Morgan fingerprint density at radius 3 is 1.60 bits per heavy atom. The third-order valence-electron chi connectivity index (χ3n) is 0. The summed E-state index contributed by atoms with van der Waals surface area (Å²) >= 11 is 0. The summed E-state index contributed by atoms with van der Waals surface area (Å²) in [7, 11) is 0. The second-order valence-corrected chi connectivity index (χ2v) is 0.408. The molecule has 0 spiro atoms. The van der Waals surface area contributed by atoms with Crippen LogP contribution in [0.25, 0.3) is 0 Å². The quantitative estimate of drug-likeness (QED) is 0.300. The Morgan fingerprint density at radius 2 is 1.60 bits per heavy atom. The molecule has 0 radical (unpaired) electrons. The molecule has 0 rings (SSSR count). The van der Waals surface area contributed by atoms with Crippen molar-refractivity contribution >= 4 is 17.6 Å². The molecule has 0 fully saturated rings. The van der Waals surface area contributed by atoms with E-state index < -0.39 is 0 Å². The van der Waals surface area contributed by atoms with Crippen LogP contribution >= 0.6 is 0 Å². The Bertz CT molecular complexity index is 14.4. The Morgan fingerprint density at radius 1 is 1.60 bits per heavy atom. The van der Waals surface area contributed by atoms with Crippen molar-refractivity contribution in [3.8, 4) is 0 Å². The number of hydrogen-bond acceptors (Lipinski definition) is 0. The molecule has 0 atom stereocenters. The summed E-state index contributed by atoms with van der Waals surface area (Å²) in [4.78, 5) is 0. The Labute approximate surface area is 43.4 Å². The predicted octanol–water partition coefficient (Wildman–Crippen LogP) is -1.08. The van der Waals surface area contributed by atoms with Crippen molar-refractivity contribution in [1.29, 1.82) is 0 Å². The van der Waals surface area contributed by atoms with Gasteiger partial charge in [-0.15, -0.1) is 6.58 Å². The minimum absolute atomic E-state index is 0. The molecule has 0 saturated heterocycles. The molecule has 0 amide bonds. The van der Waals surface area contributed by atoms with E-state index in [9.17, 15) is 0 Å². The molecule has 0 aromatic heterocycles. The zero-order chi connectivity index (χ0) is 2.71. The van der Waals surface area contributed by atoms with Gasteiger partial charge >= 0.3 is 17.6 Å². The average Bonchev–Trinajstić information content (AvgIpc) is 0.918. The van der Waals surface area contributed by atoms with Gasteiger partial charge in [-0.3, -0.25) is 0 Å². The second-order valence-electron chi connectivity index (χ2n) is 0.408. The van der Waals surface area contributed by atoms with Gasteiger partial charge in [-0.1, -0.05) is 6.08 Å². The average molecular weight is 137 g/mol. The van der Waals surface area contributed by atoms with Crippen LogP contribution in [0.15, 0.2) is 12.7 Å². The first kappa shape index (κ1) is 18.8. The zero-order valence-corrected chi connectivity index (χ0v) is 2.78. The summed E-state index contributed by atoms with van der Waals surface area (Å²) in [6.45, 7) is 5.25. The molecule has 0 aromatic carbocycles. The molecular weight excluding hydrogens is 125 g/mol. The predicted molar refractivity (Wildman–Crippen MR) is 30.8 cm³/mol. The fraction of sp³-hybridized carbons (Fsp3) is 0.333. The summed E-state index contributed by atoms with van der Waals surface area (Å²) < 4.78 is 0. The molecule has 0 aliphatic rings. The van der Waals surface area contributed by atoms with Crippen molar-refractivity contribution < 1.29 is 5.48 Å². The summed E-state index contributed by atoms with van der Waals surface area (Å²) in [5, 5.41) is 0. The third-order valence-corrected chi connectivity index (χ3v) is 0. The molecular formula is C3H12GeO. The van der Waals surface area contributed by atoms with E-state index in [4.69, 9.17) is 0 Å². The van der Waals surface area contributed by atoms with Crippen LogP contribution in [0, 0.1) is 0 Å². The molecule has 0 unspecified atom stereocenters. The van der Waals surface area contributed by atoms with Gasteiger partial charge in [0.2, 0.25) is 0 Å². The number of allylic oxidation sites excluding steroid dienone is 1. The maximum atomic E-state index is 3.36. The van der Waals surface area contributed by atoms with Crippen molar-refractivity contribution in [2.75, 3.05) is 0 Å². The van der Waals surface area contributed by atoms with Crippen LogP contribution in [-0.2, 0) is 0 Å². The Kier molecular flexibility index (Phi) is 108. The number of rotatable bonds is 0. The fourth-order valence-electron chi connectivity index (χ4n) is 0. The molecule has 1 nitrogen and oxygen atoms in total.